The van der Waals surface area contributed by atoms with E-state index in [9.17, 15) is 0 Å². The molecule has 0 fully saturated rings. The van der Waals surface area contributed by atoms with Crippen LogP contribution in [0, 0.1) is 12.8 Å². The molecular weight excluding hydrogens is 276 g/mol. The van der Waals surface area contributed by atoms with Gasteiger partial charge in [0.15, 0.2) is 0 Å². The normalized spacial score (nSPS) is 12.0. The molecule has 0 spiro atoms. The summed E-state index contributed by atoms with van der Waals surface area (Å²) in [4.78, 5) is 5.56. The molecule has 0 aliphatic rings. The standard InChI is InChI=1S/C18H34N2S/c1-7-16(8-2)12-20(9-3)13-17-10-18(21-15(17)6)11-19-14(4)5/h10,14,16,19H,7-9,11-13H2,1-6H3. The van der Waals surface area contributed by atoms with Gasteiger partial charge in [-0.05, 0) is 31.0 Å². The van der Waals surface area contributed by atoms with E-state index >= 15 is 0 Å². The number of aryl methyl sites for hydroxylation is 1. The van der Waals surface area contributed by atoms with Crippen molar-refractivity contribution >= 4 is 11.3 Å². The highest BCUT2D eigenvalue weighted by Gasteiger charge is 2.13. The summed E-state index contributed by atoms with van der Waals surface area (Å²) in [5, 5.41) is 3.52. The van der Waals surface area contributed by atoms with E-state index in [0.717, 1.165) is 25.6 Å². The molecule has 3 heteroatoms. The van der Waals surface area contributed by atoms with Crippen molar-refractivity contribution in [3.05, 3.63) is 21.4 Å². The molecule has 0 unspecified atom stereocenters. The molecule has 0 saturated heterocycles. The first kappa shape index (κ1) is 18.7. The molecule has 1 heterocycles. The van der Waals surface area contributed by atoms with E-state index in [0.29, 0.717) is 6.04 Å². The zero-order valence-electron chi connectivity index (χ0n) is 14.8. The first-order valence-corrected chi connectivity index (χ1v) is 9.35. The van der Waals surface area contributed by atoms with Crippen LogP contribution in [-0.4, -0.2) is 24.0 Å². The number of nitrogens with one attached hydrogen (secondary N) is 1. The lowest BCUT2D eigenvalue weighted by Gasteiger charge is -2.25. The highest BCUT2D eigenvalue weighted by atomic mass is 32.1. The number of rotatable bonds is 10. The molecule has 1 aromatic rings. The van der Waals surface area contributed by atoms with Gasteiger partial charge >= 0.3 is 0 Å². The molecule has 122 valence electrons. The lowest BCUT2D eigenvalue weighted by Crippen LogP contribution is -2.28. The van der Waals surface area contributed by atoms with Crippen LogP contribution < -0.4 is 5.32 Å². The lowest BCUT2D eigenvalue weighted by molar-refractivity contribution is 0.226. The highest BCUT2D eigenvalue weighted by Crippen LogP contribution is 2.24. The number of hydrogen-bond acceptors (Lipinski definition) is 3. The van der Waals surface area contributed by atoms with Crippen LogP contribution in [0.25, 0.3) is 0 Å². The predicted molar refractivity (Wildman–Crippen MR) is 96.1 cm³/mol. The SMILES string of the molecule is CCC(CC)CN(CC)Cc1cc(CNC(C)C)sc1C. The molecule has 0 bridgehead atoms. The van der Waals surface area contributed by atoms with E-state index in [1.807, 2.05) is 11.3 Å². The van der Waals surface area contributed by atoms with Crippen LogP contribution in [0.5, 0.6) is 0 Å². The van der Waals surface area contributed by atoms with Crippen LogP contribution in [0.15, 0.2) is 6.07 Å². The quantitative estimate of drug-likeness (QED) is 0.667. The molecular formula is C18H34N2S. The van der Waals surface area contributed by atoms with Gasteiger partial charge in [-0.2, -0.15) is 0 Å². The second kappa shape index (κ2) is 9.60. The fraction of sp³-hybridized carbons (Fsp3) is 0.778. The van der Waals surface area contributed by atoms with Gasteiger partial charge in [-0.15, -0.1) is 11.3 Å². The molecule has 1 rings (SSSR count). The zero-order chi connectivity index (χ0) is 15.8. The molecule has 0 amide bonds. The molecule has 1 aromatic heterocycles. The van der Waals surface area contributed by atoms with Gasteiger partial charge < -0.3 is 5.32 Å². The van der Waals surface area contributed by atoms with E-state index in [1.165, 1.54) is 34.7 Å². The average molecular weight is 311 g/mol. The molecule has 0 radical (unpaired) electrons. The summed E-state index contributed by atoms with van der Waals surface area (Å²) in [5.74, 6) is 0.839. The fourth-order valence-corrected chi connectivity index (χ4v) is 3.60. The number of nitrogens with zero attached hydrogens (tertiary/aromatic N) is 1. The Balaban J connectivity index is 2.63. The van der Waals surface area contributed by atoms with Crippen molar-refractivity contribution in [2.45, 2.75) is 73.5 Å². The maximum atomic E-state index is 3.52. The molecule has 21 heavy (non-hydrogen) atoms. The summed E-state index contributed by atoms with van der Waals surface area (Å²) in [7, 11) is 0. The van der Waals surface area contributed by atoms with Crippen LogP contribution >= 0.6 is 11.3 Å². The average Bonchev–Trinajstić information content (AvgIpc) is 2.81. The third-order valence-corrected chi connectivity index (χ3v) is 5.36. The van der Waals surface area contributed by atoms with Crippen LogP contribution in [0.4, 0.5) is 0 Å². The molecule has 0 saturated carbocycles. The first-order valence-electron chi connectivity index (χ1n) is 8.53. The number of hydrogen-bond donors (Lipinski definition) is 1. The van der Waals surface area contributed by atoms with E-state index in [2.05, 4.69) is 57.8 Å². The monoisotopic (exact) mass is 310 g/mol. The minimum atomic E-state index is 0.554. The molecule has 0 aliphatic heterocycles. The second-order valence-electron chi connectivity index (χ2n) is 6.34. The smallest absolute Gasteiger partial charge is 0.0302 e. The molecule has 2 nitrogen and oxygen atoms in total. The van der Waals surface area contributed by atoms with E-state index < -0.39 is 0 Å². The van der Waals surface area contributed by atoms with Gasteiger partial charge in [-0.25, -0.2) is 0 Å². The Hall–Kier alpha value is -0.380. The summed E-state index contributed by atoms with van der Waals surface area (Å²) in [6.45, 7) is 18.1. The summed E-state index contributed by atoms with van der Waals surface area (Å²) in [6.07, 6.45) is 2.58. The zero-order valence-corrected chi connectivity index (χ0v) is 15.6. The van der Waals surface area contributed by atoms with Gasteiger partial charge in [0.1, 0.15) is 0 Å². The van der Waals surface area contributed by atoms with E-state index in [1.54, 1.807) is 0 Å². The van der Waals surface area contributed by atoms with Crippen molar-refractivity contribution in [1.29, 1.82) is 0 Å². The lowest BCUT2D eigenvalue weighted by atomic mass is 10.0. The summed E-state index contributed by atoms with van der Waals surface area (Å²) in [6, 6.07) is 2.96. The third-order valence-electron chi connectivity index (χ3n) is 4.27. The Morgan fingerprint density at radius 2 is 1.86 bits per heavy atom. The van der Waals surface area contributed by atoms with Gasteiger partial charge in [0.2, 0.25) is 0 Å². The van der Waals surface area contributed by atoms with Crippen molar-refractivity contribution in [2.24, 2.45) is 5.92 Å². The highest BCUT2D eigenvalue weighted by molar-refractivity contribution is 7.12. The molecule has 0 aromatic carbocycles. The van der Waals surface area contributed by atoms with Crippen LogP contribution in [0.2, 0.25) is 0 Å². The third kappa shape index (κ3) is 6.50. The van der Waals surface area contributed by atoms with Gasteiger partial charge in [-0.3, -0.25) is 4.90 Å². The van der Waals surface area contributed by atoms with Crippen LogP contribution in [0.1, 0.15) is 62.8 Å². The van der Waals surface area contributed by atoms with E-state index in [4.69, 9.17) is 0 Å². The molecule has 0 aliphatic carbocycles. The van der Waals surface area contributed by atoms with Crippen molar-refractivity contribution in [1.82, 2.24) is 10.2 Å². The van der Waals surface area contributed by atoms with Crippen molar-refractivity contribution < 1.29 is 0 Å². The topological polar surface area (TPSA) is 15.3 Å². The maximum Gasteiger partial charge on any atom is 0.0302 e. The van der Waals surface area contributed by atoms with Gasteiger partial charge in [0, 0.05) is 35.4 Å². The second-order valence-corrected chi connectivity index (χ2v) is 7.68. The summed E-state index contributed by atoms with van der Waals surface area (Å²) < 4.78 is 0. The Bertz CT molecular complexity index is 394. The van der Waals surface area contributed by atoms with Crippen molar-refractivity contribution in [3.63, 3.8) is 0 Å². The van der Waals surface area contributed by atoms with Crippen molar-refractivity contribution in [2.75, 3.05) is 13.1 Å². The maximum absolute atomic E-state index is 3.52. The van der Waals surface area contributed by atoms with Crippen LogP contribution in [-0.2, 0) is 13.1 Å². The largest absolute Gasteiger partial charge is 0.310 e. The first-order chi connectivity index (χ1) is 9.99. The minimum Gasteiger partial charge on any atom is -0.310 e. The van der Waals surface area contributed by atoms with Crippen molar-refractivity contribution in [3.8, 4) is 0 Å². The van der Waals surface area contributed by atoms with Gasteiger partial charge in [-0.1, -0.05) is 47.5 Å². The summed E-state index contributed by atoms with van der Waals surface area (Å²) >= 11 is 1.95. The Morgan fingerprint density at radius 3 is 2.38 bits per heavy atom. The number of thiophene rings is 1. The van der Waals surface area contributed by atoms with Gasteiger partial charge in [0.05, 0.1) is 0 Å². The minimum absolute atomic E-state index is 0.554. The van der Waals surface area contributed by atoms with Crippen LogP contribution in [0.3, 0.4) is 0 Å². The van der Waals surface area contributed by atoms with E-state index in [-0.39, 0.29) is 0 Å². The molecule has 0 atom stereocenters. The Morgan fingerprint density at radius 1 is 1.19 bits per heavy atom. The van der Waals surface area contributed by atoms with Gasteiger partial charge in [0.25, 0.3) is 0 Å². The predicted octanol–water partition coefficient (Wildman–Crippen LogP) is 4.81. The fourth-order valence-electron chi connectivity index (χ4n) is 2.59. The molecule has 1 N–H and O–H groups in total. The Kier molecular flexibility index (Phi) is 8.53. The summed E-state index contributed by atoms with van der Waals surface area (Å²) in [5.41, 5.74) is 1.52. The Labute approximate surface area is 135 Å².